The van der Waals surface area contributed by atoms with E-state index in [1.807, 2.05) is 12.5 Å². The largest absolute Gasteiger partial charge is 0.338 e. The second kappa shape index (κ2) is 5.68. The normalized spacial score (nSPS) is 25.1. The summed E-state index contributed by atoms with van der Waals surface area (Å²) in [6.07, 6.45) is 11.9. The van der Waals surface area contributed by atoms with Gasteiger partial charge < -0.3 is 4.90 Å². The summed E-state index contributed by atoms with van der Waals surface area (Å²) in [6, 6.07) is 11.0. The SMILES string of the molecule is C[C@H]1C[C@@]12c1nncn1-c1cnc(-n3ccc4ccccc43)nc1N2C1CCCC1. The molecular weight excluding hydrogens is 374 g/mol. The third-order valence-corrected chi connectivity index (χ3v) is 7.37. The zero-order chi connectivity index (χ0) is 19.9. The summed E-state index contributed by atoms with van der Waals surface area (Å²) in [5.41, 5.74) is 2.04. The van der Waals surface area contributed by atoms with E-state index in [1.165, 1.54) is 31.1 Å². The summed E-state index contributed by atoms with van der Waals surface area (Å²) in [6.45, 7) is 2.33. The smallest absolute Gasteiger partial charge is 0.236 e. The van der Waals surface area contributed by atoms with Crippen LogP contribution in [-0.4, -0.2) is 35.3 Å². The summed E-state index contributed by atoms with van der Waals surface area (Å²) >= 11 is 0. The van der Waals surface area contributed by atoms with E-state index in [4.69, 9.17) is 9.97 Å². The van der Waals surface area contributed by atoms with Crippen LogP contribution in [0.1, 0.15) is 44.9 Å². The predicted molar refractivity (Wildman–Crippen MR) is 114 cm³/mol. The lowest BCUT2D eigenvalue weighted by molar-refractivity contribution is 0.441. The van der Waals surface area contributed by atoms with Crippen LogP contribution >= 0.6 is 0 Å². The van der Waals surface area contributed by atoms with Gasteiger partial charge in [0.25, 0.3) is 0 Å². The number of fused-ring (bicyclic) bond motifs is 5. The van der Waals surface area contributed by atoms with Gasteiger partial charge in [0.1, 0.15) is 17.6 Å². The molecule has 2 saturated carbocycles. The lowest BCUT2D eigenvalue weighted by Crippen LogP contribution is -2.48. The Morgan fingerprint density at radius 1 is 1.07 bits per heavy atom. The highest BCUT2D eigenvalue weighted by molar-refractivity contribution is 5.81. The van der Waals surface area contributed by atoms with Crippen LogP contribution in [0.5, 0.6) is 0 Å². The molecule has 4 aromatic rings. The Morgan fingerprint density at radius 2 is 1.90 bits per heavy atom. The van der Waals surface area contributed by atoms with Gasteiger partial charge in [-0.2, -0.15) is 4.98 Å². The Bertz CT molecular complexity index is 1280. The summed E-state index contributed by atoms with van der Waals surface area (Å²) in [7, 11) is 0. The van der Waals surface area contributed by atoms with Crippen molar-refractivity contribution in [1.82, 2.24) is 29.3 Å². The Kier molecular flexibility index (Phi) is 3.14. The van der Waals surface area contributed by atoms with Gasteiger partial charge in [-0.05, 0) is 37.3 Å². The van der Waals surface area contributed by atoms with Crippen LogP contribution in [0.4, 0.5) is 5.82 Å². The van der Waals surface area contributed by atoms with Gasteiger partial charge in [-0.15, -0.1) is 10.2 Å². The van der Waals surface area contributed by atoms with E-state index in [1.54, 1.807) is 0 Å². The Balaban J connectivity index is 1.47. The first kappa shape index (κ1) is 16.6. The first-order valence-electron chi connectivity index (χ1n) is 10.9. The van der Waals surface area contributed by atoms with E-state index in [0.717, 1.165) is 35.2 Å². The average Bonchev–Trinajstić information content (AvgIpc) is 3.30. The molecule has 3 aromatic heterocycles. The first-order chi connectivity index (χ1) is 14.8. The predicted octanol–water partition coefficient (Wildman–Crippen LogP) is 4.00. The molecule has 0 saturated heterocycles. The van der Waals surface area contributed by atoms with Crippen molar-refractivity contribution in [3.05, 3.63) is 54.9 Å². The molecule has 0 radical (unpaired) electrons. The zero-order valence-electron chi connectivity index (χ0n) is 16.9. The van der Waals surface area contributed by atoms with Crippen LogP contribution < -0.4 is 4.90 Å². The lowest BCUT2D eigenvalue weighted by Gasteiger charge is -2.42. The molecule has 0 N–H and O–H groups in total. The van der Waals surface area contributed by atoms with Crippen LogP contribution in [0.3, 0.4) is 0 Å². The third kappa shape index (κ3) is 2.00. The first-order valence-corrected chi connectivity index (χ1v) is 10.9. The highest BCUT2D eigenvalue weighted by Gasteiger charge is 2.64. The molecule has 7 nitrogen and oxygen atoms in total. The van der Waals surface area contributed by atoms with Crippen LogP contribution in [0, 0.1) is 5.92 Å². The number of hydrogen-bond donors (Lipinski definition) is 0. The van der Waals surface area contributed by atoms with Crippen LogP contribution in [-0.2, 0) is 5.54 Å². The molecule has 1 aromatic carbocycles. The summed E-state index contributed by atoms with van der Waals surface area (Å²) in [5.74, 6) is 3.34. The molecule has 2 aliphatic carbocycles. The molecule has 30 heavy (non-hydrogen) atoms. The van der Waals surface area contributed by atoms with Crippen molar-refractivity contribution in [3.63, 3.8) is 0 Å². The number of anilines is 1. The molecule has 1 spiro atoms. The Labute approximate surface area is 174 Å². The number of hydrogen-bond acceptors (Lipinski definition) is 5. The molecule has 7 heteroatoms. The fourth-order valence-corrected chi connectivity index (χ4v) is 5.80. The number of para-hydroxylation sites is 1. The molecule has 0 amide bonds. The standard InChI is InChI=1S/C23H23N7/c1-15-12-23(15)21-27-25-14-29(21)19-13-24-22(26-20(19)30(23)17-7-3-4-8-17)28-11-10-16-6-2-5-9-18(16)28/h2,5-6,9-11,13-15,17H,3-4,7-8,12H2,1H3/t15-,23-/m0/s1. The maximum absolute atomic E-state index is 5.18. The van der Waals surface area contributed by atoms with Gasteiger partial charge in [-0.1, -0.05) is 38.0 Å². The highest BCUT2D eigenvalue weighted by atomic mass is 15.4. The molecule has 0 bridgehead atoms. The maximum atomic E-state index is 5.18. The third-order valence-electron chi connectivity index (χ3n) is 7.37. The van der Waals surface area contributed by atoms with Gasteiger partial charge in [0.15, 0.2) is 11.6 Å². The average molecular weight is 397 g/mol. The highest BCUT2D eigenvalue weighted by Crippen LogP contribution is 2.61. The molecule has 0 unspecified atom stereocenters. The second-order valence-electron chi connectivity index (χ2n) is 8.99. The van der Waals surface area contributed by atoms with E-state index >= 15 is 0 Å². The van der Waals surface area contributed by atoms with Crippen LogP contribution in [0.2, 0.25) is 0 Å². The molecule has 2 fully saturated rings. The van der Waals surface area contributed by atoms with Crippen molar-refractivity contribution in [3.8, 4) is 11.6 Å². The van der Waals surface area contributed by atoms with Gasteiger partial charge in [-0.3, -0.25) is 9.13 Å². The second-order valence-corrected chi connectivity index (χ2v) is 8.99. The number of aromatic nitrogens is 6. The van der Waals surface area contributed by atoms with Crippen molar-refractivity contribution in [2.45, 2.75) is 50.6 Å². The molecule has 7 rings (SSSR count). The fourth-order valence-electron chi connectivity index (χ4n) is 5.80. The van der Waals surface area contributed by atoms with Gasteiger partial charge >= 0.3 is 0 Å². The van der Waals surface area contributed by atoms with Gasteiger partial charge in [0.05, 0.1) is 11.7 Å². The van der Waals surface area contributed by atoms with E-state index in [9.17, 15) is 0 Å². The zero-order valence-corrected chi connectivity index (χ0v) is 16.9. The molecule has 1 aliphatic heterocycles. The maximum Gasteiger partial charge on any atom is 0.236 e. The van der Waals surface area contributed by atoms with Gasteiger partial charge in [-0.25, -0.2) is 4.98 Å². The van der Waals surface area contributed by atoms with Crippen LogP contribution in [0.25, 0.3) is 22.5 Å². The quantitative estimate of drug-likeness (QED) is 0.512. The summed E-state index contributed by atoms with van der Waals surface area (Å²) in [5, 5.41) is 10.0. The number of rotatable bonds is 2. The summed E-state index contributed by atoms with van der Waals surface area (Å²) < 4.78 is 4.20. The molecule has 3 aliphatic rings. The molecular formula is C23H23N7. The fraction of sp³-hybridized carbons (Fsp3) is 0.391. The van der Waals surface area contributed by atoms with Crippen molar-refractivity contribution < 1.29 is 0 Å². The van der Waals surface area contributed by atoms with Gasteiger partial charge in [0.2, 0.25) is 5.95 Å². The van der Waals surface area contributed by atoms with Gasteiger partial charge in [0, 0.05) is 17.6 Å². The number of benzene rings is 1. The molecule has 2 atom stereocenters. The number of nitrogens with zero attached hydrogens (tertiary/aromatic N) is 7. The van der Waals surface area contributed by atoms with Crippen molar-refractivity contribution >= 4 is 16.7 Å². The molecule has 150 valence electrons. The van der Waals surface area contributed by atoms with E-state index in [2.05, 4.69) is 67.7 Å². The van der Waals surface area contributed by atoms with Crippen molar-refractivity contribution in [2.24, 2.45) is 5.92 Å². The lowest BCUT2D eigenvalue weighted by atomic mass is 10.0. The molecule has 4 heterocycles. The monoisotopic (exact) mass is 397 g/mol. The minimum atomic E-state index is -0.0805. The Hall–Kier alpha value is -3.22. The van der Waals surface area contributed by atoms with Crippen molar-refractivity contribution in [1.29, 1.82) is 0 Å². The summed E-state index contributed by atoms with van der Waals surface area (Å²) in [4.78, 5) is 12.5. The van der Waals surface area contributed by atoms with E-state index in [0.29, 0.717) is 12.0 Å². The van der Waals surface area contributed by atoms with Crippen LogP contribution in [0.15, 0.2) is 49.1 Å². The topological polar surface area (TPSA) is 64.7 Å². The van der Waals surface area contributed by atoms with E-state index in [-0.39, 0.29) is 5.54 Å². The minimum absolute atomic E-state index is 0.0805. The van der Waals surface area contributed by atoms with Crippen molar-refractivity contribution in [2.75, 3.05) is 4.90 Å². The minimum Gasteiger partial charge on any atom is -0.338 e. The Morgan fingerprint density at radius 3 is 2.73 bits per heavy atom. The van der Waals surface area contributed by atoms with E-state index < -0.39 is 0 Å².